The fraction of sp³-hybridized carbons (Fsp3) is 1.00. The number of nitrogens with two attached hydrogens (primary N) is 1. The predicted octanol–water partition coefficient (Wildman–Crippen LogP) is -1.32. The van der Waals surface area contributed by atoms with E-state index in [-0.39, 0.29) is 24.1 Å². The summed E-state index contributed by atoms with van der Waals surface area (Å²) in [5.74, 6) is -0.277. The van der Waals surface area contributed by atoms with E-state index in [1.165, 1.54) is 11.2 Å². The summed E-state index contributed by atoms with van der Waals surface area (Å²) in [6, 6.07) is -0.124. The Morgan fingerprint density at radius 2 is 2.00 bits per heavy atom. The molecule has 1 rings (SSSR count). The van der Waals surface area contributed by atoms with Crippen LogP contribution in [0.3, 0.4) is 0 Å². The van der Waals surface area contributed by atoms with Gasteiger partial charge in [0.15, 0.2) is 0 Å². The van der Waals surface area contributed by atoms with Crippen molar-refractivity contribution in [3.05, 3.63) is 0 Å². The molecule has 0 aromatic rings. The molecule has 1 atom stereocenters. The minimum absolute atomic E-state index is 0.0539. The van der Waals surface area contributed by atoms with Crippen molar-refractivity contribution in [3.8, 4) is 0 Å². The van der Waals surface area contributed by atoms with Crippen LogP contribution in [0.5, 0.6) is 0 Å². The molecule has 1 heterocycles. The Balaban J connectivity index is 2.50. The van der Waals surface area contributed by atoms with E-state index in [0.29, 0.717) is 13.1 Å². The number of sulfonamides is 2. The van der Waals surface area contributed by atoms with Crippen LogP contribution in [0.25, 0.3) is 0 Å². The van der Waals surface area contributed by atoms with E-state index in [0.717, 1.165) is 12.8 Å². The van der Waals surface area contributed by atoms with Crippen molar-refractivity contribution in [2.24, 2.45) is 5.73 Å². The van der Waals surface area contributed by atoms with Crippen LogP contribution < -0.4 is 10.5 Å². The summed E-state index contributed by atoms with van der Waals surface area (Å²) in [7, 11) is -6.76. The first-order valence-corrected chi connectivity index (χ1v) is 9.24. The van der Waals surface area contributed by atoms with E-state index in [2.05, 4.69) is 4.72 Å². The van der Waals surface area contributed by atoms with Gasteiger partial charge in [0.25, 0.3) is 0 Å². The zero-order valence-corrected chi connectivity index (χ0v) is 12.1. The Morgan fingerprint density at radius 1 is 1.33 bits per heavy atom. The third-order valence-corrected chi connectivity index (χ3v) is 6.12. The maximum atomic E-state index is 11.9. The standard InChI is InChI=1S/C9H21N3O4S2/c1-2-17(13,14)11-5-7-18(15,16)12-6-3-4-9(10)8-12/h9,11H,2-8,10H2,1H3. The maximum absolute atomic E-state index is 11.9. The lowest BCUT2D eigenvalue weighted by atomic mass is 10.1. The summed E-state index contributed by atoms with van der Waals surface area (Å²) in [5, 5.41) is 0. The van der Waals surface area contributed by atoms with E-state index in [9.17, 15) is 16.8 Å². The number of nitrogens with zero attached hydrogens (tertiary/aromatic N) is 1. The third-order valence-electron chi connectivity index (χ3n) is 2.88. The quantitative estimate of drug-likeness (QED) is 0.632. The largest absolute Gasteiger partial charge is 0.327 e. The molecule has 0 aromatic heterocycles. The zero-order valence-electron chi connectivity index (χ0n) is 10.5. The molecule has 0 aliphatic carbocycles. The minimum Gasteiger partial charge on any atom is -0.327 e. The second kappa shape index (κ2) is 6.29. The molecule has 0 spiro atoms. The van der Waals surface area contributed by atoms with Gasteiger partial charge < -0.3 is 5.73 Å². The molecular formula is C9H21N3O4S2. The molecule has 0 radical (unpaired) electrons. The Morgan fingerprint density at radius 3 is 2.56 bits per heavy atom. The molecule has 1 aliphatic rings. The average molecular weight is 299 g/mol. The monoisotopic (exact) mass is 299 g/mol. The highest BCUT2D eigenvalue weighted by Crippen LogP contribution is 2.12. The third kappa shape index (κ3) is 4.81. The Labute approximate surface area is 109 Å². The van der Waals surface area contributed by atoms with Crippen molar-refractivity contribution in [1.82, 2.24) is 9.03 Å². The molecule has 1 saturated heterocycles. The lowest BCUT2D eigenvalue weighted by Crippen LogP contribution is -2.47. The van der Waals surface area contributed by atoms with Gasteiger partial charge in [0.1, 0.15) is 0 Å². The van der Waals surface area contributed by atoms with Gasteiger partial charge in [-0.05, 0) is 19.8 Å². The Bertz CT molecular complexity index is 460. The first-order valence-electron chi connectivity index (χ1n) is 5.97. The molecule has 0 saturated carbocycles. The highest BCUT2D eigenvalue weighted by atomic mass is 32.2. The molecule has 0 amide bonds. The van der Waals surface area contributed by atoms with Crippen molar-refractivity contribution in [2.75, 3.05) is 31.1 Å². The van der Waals surface area contributed by atoms with Crippen LogP contribution in [0.15, 0.2) is 0 Å². The number of hydrogen-bond acceptors (Lipinski definition) is 5. The van der Waals surface area contributed by atoms with Crippen LogP contribution in [0, 0.1) is 0 Å². The molecule has 7 nitrogen and oxygen atoms in total. The molecule has 1 fully saturated rings. The van der Waals surface area contributed by atoms with Gasteiger partial charge >= 0.3 is 0 Å². The van der Waals surface area contributed by atoms with E-state index in [4.69, 9.17) is 5.73 Å². The second-order valence-electron chi connectivity index (χ2n) is 4.37. The molecule has 9 heteroatoms. The fourth-order valence-electron chi connectivity index (χ4n) is 1.78. The summed E-state index contributed by atoms with van der Waals surface area (Å²) >= 11 is 0. The van der Waals surface area contributed by atoms with Gasteiger partial charge in [-0.1, -0.05) is 0 Å². The zero-order chi connectivity index (χ0) is 13.8. The Hall–Kier alpha value is -0.220. The summed E-state index contributed by atoms with van der Waals surface area (Å²) in [4.78, 5) is 0. The van der Waals surface area contributed by atoms with E-state index < -0.39 is 20.0 Å². The normalized spacial score (nSPS) is 23.1. The summed E-state index contributed by atoms with van der Waals surface area (Å²) in [6.45, 7) is 2.20. The highest BCUT2D eigenvalue weighted by molar-refractivity contribution is 7.90. The number of nitrogens with one attached hydrogen (secondary N) is 1. The number of hydrogen-bond donors (Lipinski definition) is 2. The lowest BCUT2D eigenvalue weighted by Gasteiger charge is -2.29. The van der Waals surface area contributed by atoms with Crippen LogP contribution in [0.4, 0.5) is 0 Å². The van der Waals surface area contributed by atoms with Crippen molar-refractivity contribution < 1.29 is 16.8 Å². The van der Waals surface area contributed by atoms with Gasteiger partial charge in [0, 0.05) is 25.7 Å². The van der Waals surface area contributed by atoms with Gasteiger partial charge in [-0.3, -0.25) is 0 Å². The Kier molecular flexibility index (Phi) is 5.53. The fourth-order valence-corrected chi connectivity index (χ4v) is 3.97. The first-order chi connectivity index (χ1) is 8.27. The van der Waals surface area contributed by atoms with E-state index >= 15 is 0 Å². The van der Waals surface area contributed by atoms with Crippen LogP contribution >= 0.6 is 0 Å². The molecular weight excluding hydrogens is 278 g/mol. The van der Waals surface area contributed by atoms with Crippen molar-refractivity contribution in [2.45, 2.75) is 25.8 Å². The second-order valence-corrected chi connectivity index (χ2v) is 8.56. The maximum Gasteiger partial charge on any atom is 0.215 e. The van der Waals surface area contributed by atoms with Gasteiger partial charge in [-0.25, -0.2) is 25.9 Å². The van der Waals surface area contributed by atoms with Crippen LogP contribution in [-0.4, -0.2) is 58.3 Å². The average Bonchev–Trinajstić information content (AvgIpc) is 2.28. The lowest BCUT2D eigenvalue weighted by molar-refractivity contribution is 0.316. The minimum atomic E-state index is -3.42. The molecule has 18 heavy (non-hydrogen) atoms. The van der Waals surface area contributed by atoms with E-state index in [1.807, 2.05) is 0 Å². The highest BCUT2D eigenvalue weighted by Gasteiger charge is 2.27. The van der Waals surface area contributed by atoms with Gasteiger partial charge in [-0.2, -0.15) is 0 Å². The smallest absolute Gasteiger partial charge is 0.215 e. The number of piperidine rings is 1. The topological polar surface area (TPSA) is 110 Å². The molecule has 108 valence electrons. The molecule has 1 aliphatic heterocycles. The van der Waals surface area contributed by atoms with Gasteiger partial charge in [0.05, 0.1) is 11.5 Å². The van der Waals surface area contributed by atoms with Gasteiger partial charge in [0.2, 0.25) is 20.0 Å². The molecule has 1 unspecified atom stereocenters. The molecule has 0 bridgehead atoms. The SMILES string of the molecule is CCS(=O)(=O)NCCS(=O)(=O)N1CCCC(N)C1. The first kappa shape index (κ1) is 15.8. The predicted molar refractivity (Wildman–Crippen MR) is 70.0 cm³/mol. The molecule has 3 N–H and O–H groups in total. The number of rotatable bonds is 6. The summed E-state index contributed by atoms with van der Waals surface area (Å²) in [5.41, 5.74) is 5.72. The summed E-state index contributed by atoms with van der Waals surface area (Å²) < 4.78 is 49.8. The van der Waals surface area contributed by atoms with Crippen LogP contribution in [0.1, 0.15) is 19.8 Å². The summed E-state index contributed by atoms with van der Waals surface area (Å²) in [6.07, 6.45) is 1.58. The van der Waals surface area contributed by atoms with Gasteiger partial charge in [-0.15, -0.1) is 0 Å². The van der Waals surface area contributed by atoms with Crippen LogP contribution in [-0.2, 0) is 20.0 Å². The van der Waals surface area contributed by atoms with Crippen LogP contribution in [0.2, 0.25) is 0 Å². The molecule has 0 aromatic carbocycles. The van der Waals surface area contributed by atoms with Crippen molar-refractivity contribution >= 4 is 20.0 Å². The van der Waals surface area contributed by atoms with Crippen molar-refractivity contribution in [1.29, 1.82) is 0 Å². The van der Waals surface area contributed by atoms with E-state index in [1.54, 1.807) is 0 Å². The van der Waals surface area contributed by atoms with Crippen molar-refractivity contribution in [3.63, 3.8) is 0 Å².